The van der Waals surface area contributed by atoms with E-state index in [0.29, 0.717) is 17.7 Å². The molecule has 204 valence electrons. The van der Waals surface area contributed by atoms with Crippen LogP contribution in [0.4, 0.5) is 24.7 Å². The van der Waals surface area contributed by atoms with Gasteiger partial charge >= 0.3 is 0 Å². The van der Waals surface area contributed by atoms with Crippen LogP contribution in [0.2, 0.25) is 0 Å². The maximum atomic E-state index is 14.7. The summed E-state index contributed by atoms with van der Waals surface area (Å²) in [6.07, 6.45) is 4.06. The Morgan fingerprint density at radius 3 is 2.49 bits per heavy atom. The normalized spacial score (nSPS) is 12.6. The number of benzene rings is 2. The Morgan fingerprint density at radius 1 is 1.18 bits per heavy atom. The maximum absolute atomic E-state index is 14.7. The van der Waals surface area contributed by atoms with Crippen LogP contribution in [0.5, 0.6) is 5.75 Å². The lowest BCUT2D eigenvalue weighted by Crippen LogP contribution is -2.33. The summed E-state index contributed by atoms with van der Waals surface area (Å²) in [4.78, 5) is 34.4. The van der Waals surface area contributed by atoms with E-state index in [1.54, 1.807) is 13.8 Å². The monoisotopic (exact) mass is 539 g/mol. The minimum atomic E-state index is -1.06. The van der Waals surface area contributed by atoms with Gasteiger partial charge in [-0.3, -0.25) is 9.59 Å². The number of hydrogen-bond donors (Lipinski definition) is 2. The lowest BCUT2D eigenvalue weighted by molar-refractivity contribution is -0.126. The molecule has 1 aliphatic carbocycles. The SMILES string of the molecule is C=CC(=O)N(CC)CCOc1c(N)ncnc1-c1cc(F)cc(NC(=O)c2c(F)cc(C3CC3)cc2F)c1C. The molecular formula is C28H28F3N5O3. The number of ether oxygens (including phenoxy) is 1. The van der Waals surface area contributed by atoms with Gasteiger partial charge in [0, 0.05) is 17.8 Å². The molecule has 3 aromatic rings. The van der Waals surface area contributed by atoms with E-state index < -0.39 is 28.9 Å². The first-order valence-corrected chi connectivity index (χ1v) is 12.4. The quantitative estimate of drug-likeness (QED) is 0.351. The lowest BCUT2D eigenvalue weighted by atomic mass is 10.0. The third kappa shape index (κ3) is 6.02. The summed E-state index contributed by atoms with van der Waals surface area (Å²) < 4.78 is 50.0. The minimum absolute atomic E-state index is 0.0167. The highest BCUT2D eigenvalue weighted by Crippen LogP contribution is 2.41. The van der Waals surface area contributed by atoms with Crippen molar-refractivity contribution < 1.29 is 27.5 Å². The maximum Gasteiger partial charge on any atom is 0.261 e. The van der Waals surface area contributed by atoms with Crippen LogP contribution in [-0.2, 0) is 4.79 Å². The number of carbonyl (C=O) groups is 2. The summed E-state index contributed by atoms with van der Waals surface area (Å²) in [6.45, 7) is 7.54. The molecule has 0 aliphatic heterocycles. The van der Waals surface area contributed by atoms with Crippen LogP contribution in [0, 0.1) is 24.4 Å². The second kappa shape index (κ2) is 11.5. The zero-order valence-electron chi connectivity index (χ0n) is 21.6. The molecule has 1 saturated carbocycles. The van der Waals surface area contributed by atoms with Gasteiger partial charge in [0.15, 0.2) is 11.6 Å². The molecule has 0 bridgehead atoms. The third-order valence-corrected chi connectivity index (χ3v) is 6.52. The van der Waals surface area contributed by atoms with E-state index >= 15 is 0 Å². The van der Waals surface area contributed by atoms with E-state index in [2.05, 4.69) is 21.9 Å². The van der Waals surface area contributed by atoms with Gasteiger partial charge in [0.25, 0.3) is 5.91 Å². The Morgan fingerprint density at radius 2 is 1.87 bits per heavy atom. The smallest absolute Gasteiger partial charge is 0.261 e. The molecule has 39 heavy (non-hydrogen) atoms. The summed E-state index contributed by atoms with van der Waals surface area (Å²) in [5, 5.41) is 2.41. The molecule has 2 amide bonds. The molecule has 1 fully saturated rings. The predicted octanol–water partition coefficient (Wildman–Crippen LogP) is 4.99. The third-order valence-electron chi connectivity index (χ3n) is 6.52. The second-order valence-corrected chi connectivity index (χ2v) is 9.12. The fraction of sp³-hybridized carbons (Fsp3) is 0.286. The van der Waals surface area contributed by atoms with Gasteiger partial charge in [-0.25, -0.2) is 23.1 Å². The van der Waals surface area contributed by atoms with E-state index in [1.807, 2.05) is 0 Å². The van der Waals surface area contributed by atoms with Gasteiger partial charge in [-0.2, -0.15) is 0 Å². The van der Waals surface area contributed by atoms with Gasteiger partial charge in [0.05, 0.1) is 6.54 Å². The number of nitrogens with one attached hydrogen (secondary N) is 1. The topological polar surface area (TPSA) is 110 Å². The number of aromatic nitrogens is 2. The lowest BCUT2D eigenvalue weighted by Gasteiger charge is -2.20. The summed E-state index contributed by atoms with van der Waals surface area (Å²) in [5.41, 5.74) is 6.47. The van der Waals surface area contributed by atoms with Gasteiger partial charge < -0.3 is 20.7 Å². The molecule has 0 atom stereocenters. The molecule has 1 aromatic heterocycles. The van der Waals surface area contributed by atoms with E-state index in [0.717, 1.165) is 31.0 Å². The highest BCUT2D eigenvalue weighted by molar-refractivity contribution is 6.05. The van der Waals surface area contributed by atoms with Gasteiger partial charge in [-0.05, 0) is 74.1 Å². The highest BCUT2D eigenvalue weighted by Gasteiger charge is 2.28. The number of likely N-dealkylation sites (N-methyl/N-ethyl adjacent to an activating group) is 1. The van der Waals surface area contributed by atoms with Crippen molar-refractivity contribution in [2.24, 2.45) is 0 Å². The first-order chi connectivity index (χ1) is 18.6. The molecular weight excluding hydrogens is 511 g/mol. The molecule has 2 aromatic carbocycles. The summed E-state index contributed by atoms with van der Waals surface area (Å²) in [6, 6.07) is 4.53. The molecule has 0 saturated heterocycles. The summed E-state index contributed by atoms with van der Waals surface area (Å²) >= 11 is 0. The number of nitrogens with zero attached hydrogens (tertiary/aromatic N) is 3. The predicted molar refractivity (Wildman–Crippen MR) is 141 cm³/mol. The summed E-state index contributed by atoms with van der Waals surface area (Å²) in [7, 11) is 0. The molecule has 0 radical (unpaired) electrons. The number of nitrogens with two attached hydrogens (primary N) is 1. The largest absolute Gasteiger partial charge is 0.486 e. The van der Waals surface area contributed by atoms with Crippen molar-refractivity contribution in [3.05, 3.63) is 77.4 Å². The molecule has 3 N–H and O–H groups in total. The van der Waals surface area contributed by atoms with Gasteiger partial charge in [0.2, 0.25) is 5.91 Å². The van der Waals surface area contributed by atoms with Crippen molar-refractivity contribution in [2.75, 3.05) is 30.7 Å². The average Bonchev–Trinajstić information content (AvgIpc) is 3.74. The first kappa shape index (κ1) is 27.6. The number of halogens is 3. The summed E-state index contributed by atoms with van der Waals surface area (Å²) in [5.74, 6) is -3.91. The standard InChI is InChI=1S/C28H28F3N5O3/c1-4-23(37)36(5-2)8-9-39-26-25(33-14-34-27(26)32)19-12-18(29)13-22(15(19)3)35-28(38)24-20(30)10-17(11-21(24)31)16-6-7-16/h4,10-14,16H,1,5-9H2,2-3H3,(H,35,38)(H2,32,33,34). The van der Waals surface area contributed by atoms with E-state index in [9.17, 15) is 22.8 Å². The molecule has 0 spiro atoms. The van der Waals surface area contributed by atoms with E-state index in [-0.39, 0.29) is 53.5 Å². The second-order valence-electron chi connectivity index (χ2n) is 9.12. The van der Waals surface area contributed by atoms with E-state index in [4.69, 9.17) is 10.5 Å². The molecule has 1 aliphatic rings. The van der Waals surface area contributed by atoms with Crippen LogP contribution in [0.15, 0.2) is 43.2 Å². The number of rotatable bonds is 10. The number of anilines is 2. The van der Waals surface area contributed by atoms with Crippen LogP contribution in [0.3, 0.4) is 0 Å². The van der Waals surface area contributed by atoms with Crippen LogP contribution in [0.1, 0.15) is 47.2 Å². The van der Waals surface area contributed by atoms with Crippen molar-refractivity contribution >= 4 is 23.3 Å². The minimum Gasteiger partial charge on any atom is -0.486 e. The number of hydrogen-bond acceptors (Lipinski definition) is 6. The van der Waals surface area contributed by atoms with Crippen LogP contribution < -0.4 is 15.8 Å². The van der Waals surface area contributed by atoms with Crippen LogP contribution in [0.25, 0.3) is 11.3 Å². The van der Waals surface area contributed by atoms with Gasteiger partial charge in [0.1, 0.15) is 41.6 Å². The molecule has 1 heterocycles. The zero-order chi connectivity index (χ0) is 28.3. The molecule has 4 rings (SSSR count). The number of nitrogen functional groups attached to an aromatic ring is 1. The van der Waals surface area contributed by atoms with Gasteiger partial charge in [-0.15, -0.1) is 0 Å². The van der Waals surface area contributed by atoms with Crippen molar-refractivity contribution in [3.8, 4) is 17.0 Å². The van der Waals surface area contributed by atoms with Crippen molar-refractivity contribution in [1.82, 2.24) is 14.9 Å². The Bertz CT molecular complexity index is 1420. The Hall–Kier alpha value is -4.41. The fourth-order valence-corrected chi connectivity index (χ4v) is 4.23. The van der Waals surface area contributed by atoms with Crippen molar-refractivity contribution in [1.29, 1.82) is 0 Å². The Kier molecular flexibility index (Phi) is 8.18. The van der Waals surface area contributed by atoms with Crippen LogP contribution >= 0.6 is 0 Å². The number of carbonyl (C=O) groups excluding carboxylic acids is 2. The van der Waals surface area contributed by atoms with Crippen molar-refractivity contribution in [3.63, 3.8) is 0 Å². The Balaban J connectivity index is 1.62. The molecule has 0 unspecified atom stereocenters. The molecule has 11 heteroatoms. The Labute approximate surface area is 223 Å². The average molecular weight is 540 g/mol. The number of amides is 2. The first-order valence-electron chi connectivity index (χ1n) is 12.4. The highest BCUT2D eigenvalue weighted by atomic mass is 19.1. The van der Waals surface area contributed by atoms with E-state index in [1.165, 1.54) is 23.4 Å². The van der Waals surface area contributed by atoms with Crippen molar-refractivity contribution in [2.45, 2.75) is 32.6 Å². The fourth-order valence-electron chi connectivity index (χ4n) is 4.23. The van der Waals surface area contributed by atoms with Crippen LogP contribution in [-0.4, -0.2) is 46.4 Å². The zero-order valence-corrected chi connectivity index (χ0v) is 21.6. The van der Waals surface area contributed by atoms with Gasteiger partial charge in [-0.1, -0.05) is 6.58 Å². The molecule has 8 nitrogen and oxygen atoms in total.